The van der Waals surface area contributed by atoms with E-state index in [0.29, 0.717) is 18.4 Å². The molecule has 0 aliphatic heterocycles. The highest BCUT2D eigenvalue weighted by molar-refractivity contribution is 5.93. The second-order valence-corrected chi connectivity index (χ2v) is 8.51. The number of halogens is 1. The van der Waals surface area contributed by atoms with Crippen molar-refractivity contribution in [2.24, 2.45) is 5.92 Å². The van der Waals surface area contributed by atoms with E-state index in [0.717, 1.165) is 35.4 Å². The third-order valence-corrected chi connectivity index (χ3v) is 5.52. The van der Waals surface area contributed by atoms with Crippen LogP contribution in [0.2, 0.25) is 0 Å². The van der Waals surface area contributed by atoms with Gasteiger partial charge in [-0.1, -0.05) is 26.0 Å². The number of nitrogens with zero attached hydrogens (tertiary/aromatic N) is 4. The Morgan fingerprint density at radius 1 is 1.15 bits per heavy atom. The lowest BCUT2D eigenvalue weighted by molar-refractivity contribution is 0.551. The average molecular weight is 448 g/mol. The maximum Gasteiger partial charge on any atom is 0.229 e. The highest BCUT2D eigenvalue weighted by atomic mass is 19.1. The maximum absolute atomic E-state index is 14.8. The number of hydrogen-bond donors (Lipinski definition) is 3. The summed E-state index contributed by atoms with van der Waals surface area (Å²) < 4.78 is 14.8. The van der Waals surface area contributed by atoms with Crippen LogP contribution >= 0.6 is 0 Å². The fourth-order valence-corrected chi connectivity index (χ4v) is 3.83. The molecule has 0 bridgehead atoms. The molecule has 0 saturated carbocycles. The zero-order valence-corrected chi connectivity index (χ0v) is 19.5. The lowest BCUT2D eigenvalue weighted by Crippen LogP contribution is -2.20. The number of aromatic amines is 1. The quantitative estimate of drug-likeness (QED) is 0.317. The SMILES string of the molecule is CCN(c1nc(Nc2ccc(CNCC(C)C)c(C)c2)ncc1F)c1cccc2[nH]ncc12. The first kappa shape index (κ1) is 22.7. The fraction of sp³-hybridized carbons (Fsp3) is 0.320. The van der Waals surface area contributed by atoms with Gasteiger partial charge < -0.3 is 15.5 Å². The molecule has 0 amide bonds. The van der Waals surface area contributed by atoms with Crippen LogP contribution in [0.1, 0.15) is 31.9 Å². The Kier molecular flexibility index (Phi) is 6.84. The number of benzene rings is 2. The number of H-pyrrole nitrogens is 1. The highest BCUT2D eigenvalue weighted by Gasteiger charge is 2.18. The van der Waals surface area contributed by atoms with E-state index in [1.807, 2.05) is 36.1 Å². The van der Waals surface area contributed by atoms with Crippen LogP contribution in [-0.2, 0) is 6.54 Å². The van der Waals surface area contributed by atoms with Crippen molar-refractivity contribution in [3.05, 3.63) is 65.7 Å². The Morgan fingerprint density at radius 2 is 2.00 bits per heavy atom. The summed E-state index contributed by atoms with van der Waals surface area (Å²) in [5.74, 6) is 0.689. The molecule has 0 spiro atoms. The normalized spacial score (nSPS) is 11.3. The average Bonchev–Trinajstić information content (AvgIpc) is 3.27. The Bertz CT molecular complexity index is 1230. The third kappa shape index (κ3) is 5.12. The van der Waals surface area contributed by atoms with Crippen LogP contribution in [0.3, 0.4) is 0 Å². The van der Waals surface area contributed by atoms with Crippen LogP contribution in [0, 0.1) is 18.7 Å². The van der Waals surface area contributed by atoms with Crippen molar-refractivity contribution in [2.45, 2.75) is 34.2 Å². The van der Waals surface area contributed by atoms with Crippen LogP contribution in [0.25, 0.3) is 10.9 Å². The second kappa shape index (κ2) is 9.95. The molecule has 4 rings (SSSR count). The van der Waals surface area contributed by atoms with Crippen molar-refractivity contribution in [2.75, 3.05) is 23.3 Å². The fourth-order valence-electron chi connectivity index (χ4n) is 3.83. The first-order valence-electron chi connectivity index (χ1n) is 11.3. The van der Waals surface area contributed by atoms with Gasteiger partial charge in [0.25, 0.3) is 0 Å². The molecule has 0 radical (unpaired) electrons. The number of anilines is 4. The predicted octanol–water partition coefficient (Wildman–Crippen LogP) is 5.45. The molecular weight excluding hydrogens is 417 g/mol. The van der Waals surface area contributed by atoms with Gasteiger partial charge in [-0.25, -0.2) is 9.37 Å². The van der Waals surface area contributed by atoms with Gasteiger partial charge in [0.1, 0.15) is 0 Å². The Balaban J connectivity index is 1.57. The largest absolute Gasteiger partial charge is 0.324 e. The van der Waals surface area contributed by atoms with E-state index < -0.39 is 5.82 Å². The van der Waals surface area contributed by atoms with Gasteiger partial charge in [0.15, 0.2) is 11.6 Å². The standard InChI is InChI=1S/C25H30FN7/c1-5-33(23-8-6-7-22-20(23)14-29-32-22)24-21(26)15-28-25(31-24)30-19-10-9-18(17(4)11-19)13-27-12-16(2)3/h6-11,14-16,27H,5,12-13H2,1-4H3,(H,29,32)(H,28,30,31). The monoisotopic (exact) mass is 447 g/mol. The van der Waals surface area contributed by atoms with Gasteiger partial charge in [-0.05, 0) is 61.7 Å². The van der Waals surface area contributed by atoms with Crippen molar-refractivity contribution in [1.29, 1.82) is 0 Å². The van der Waals surface area contributed by atoms with E-state index in [1.165, 1.54) is 17.3 Å². The summed E-state index contributed by atoms with van der Waals surface area (Å²) in [7, 11) is 0. The Hall–Kier alpha value is -3.52. The van der Waals surface area contributed by atoms with Crippen LogP contribution < -0.4 is 15.5 Å². The van der Waals surface area contributed by atoms with Crippen LogP contribution in [0.15, 0.2) is 48.8 Å². The minimum atomic E-state index is -0.481. The molecule has 4 aromatic rings. The van der Waals surface area contributed by atoms with E-state index in [4.69, 9.17) is 0 Å². The number of rotatable bonds is 9. The molecule has 3 N–H and O–H groups in total. The van der Waals surface area contributed by atoms with Crippen molar-refractivity contribution in [3.8, 4) is 0 Å². The van der Waals surface area contributed by atoms with E-state index in [2.05, 4.69) is 63.7 Å². The zero-order chi connectivity index (χ0) is 23.4. The molecule has 0 atom stereocenters. The molecular formula is C25H30FN7. The van der Waals surface area contributed by atoms with Gasteiger partial charge in [-0.3, -0.25) is 5.10 Å². The molecule has 172 valence electrons. The summed E-state index contributed by atoms with van der Waals surface area (Å²) in [4.78, 5) is 10.5. The number of aryl methyl sites for hydroxylation is 1. The molecule has 7 nitrogen and oxygen atoms in total. The Morgan fingerprint density at radius 3 is 2.76 bits per heavy atom. The van der Waals surface area contributed by atoms with Gasteiger partial charge in [-0.2, -0.15) is 10.1 Å². The first-order valence-corrected chi connectivity index (χ1v) is 11.3. The molecule has 2 heterocycles. The minimum absolute atomic E-state index is 0.218. The van der Waals surface area contributed by atoms with Crippen molar-refractivity contribution < 1.29 is 4.39 Å². The van der Waals surface area contributed by atoms with E-state index >= 15 is 0 Å². The van der Waals surface area contributed by atoms with Gasteiger partial charge in [0.05, 0.1) is 23.6 Å². The smallest absolute Gasteiger partial charge is 0.229 e. The molecule has 2 aromatic heterocycles. The summed E-state index contributed by atoms with van der Waals surface area (Å²) in [5, 5.41) is 14.7. The topological polar surface area (TPSA) is 81.8 Å². The van der Waals surface area contributed by atoms with Crippen molar-refractivity contribution >= 4 is 34.0 Å². The lowest BCUT2D eigenvalue weighted by Gasteiger charge is -2.23. The van der Waals surface area contributed by atoms with Crippen molar-refractivity contribution in [3.63, 3.8) is 0 Å². The summed E-state index contributed by atoms with van der Waals surface area (Å²) >= 11 is 0. The summed E-state index contributed by atoms with van der Waals surface area (Å²) in [5.41, 5.74) is 4.99. The van der Waals surface area contributed by atoms with Gasteiger partial charge in [0.2, 0.25) is 5.95 Å². The molecule has 0 fully saturated rings. The number of fused-ring (bicyclic) bond motifs is 1. The predicted molar refractivity (Wildman–Crippen MR) is 132 cm³/mol. The van der Waals surface area contributed by atoms with Gasteiger partial charge >= 0.3 is 0 Å². The second-order valence-electron chi connectivity index (χ2n) is 8.51. The van der Waals surface area contributed by atoms with Crippen LogP contribution in [0.5, 0.6) is 0 Å². The number of aromatic nitrogens is 4. The molecule has 33 heavy (non-hydrogen) atoms. The molecule has 0 saturated heterocycles. The molecule has 2 aromatic carbocycles. The molecule has 0 aliphatic carbocycles. The maximum atomic E-state index is 14.8. The van der Waals surface area contributed by atoms with E-state index in [1.54, 1.807) is 6.20 Å². The van der Waals surface area contributed by atoms with Crippen LogP contribution in [0.4, 0.5) is 27.5 Å². The third-order valence-electron chi connectivity index (χ3n) is 5.52. The van der Waals surface area contributed by atoms with E-state index in [-0.39, 0.29) is 5.82 Å². The van der Waals surface area contributed by atoms with Gasteiger partial charge in [0, 0.05) is 24.2 Å². The molecule has 0 unspecified atom stereocenters. The molecule has 8 heteroatoms. The lowest BCUT2D eigenvalue weighted by atomic mass is 10.1. The van der Waals surface area contributed by atoms with Crippen LogP contribution in [-0.4, -0.2) is 33.3 Å². The molecule has 0 aliphatic rings. The summed E-state index contributed by atoms with van der Waals surface area (Å²) in [6, 6.07) is 11.9. The Labute approximate surface area is 193 Å². The zero-order valence-electron chi connectivity index (χ0n) is 19.5. The van der Waals surface area contributed by atoms with E-state index in [9.17, 15) is 4.39 Å². The minimum Gasteiger partial charge on any atom is -0.324 e. The number of nitrogens with one attached hydrogen (secondary N) is 3. The first-order chi connectivity index (χ1) is 16.0. The van der Waals surface area contributed by atoms with Gasteiger partial charge in [-0.15, -0.1) is 0 Å². The van der Waals surface area contributed by atoms with Crippen molar-refractivity contribution in [1.82, 2.24) is 25.5 Å². The number of hydrogen-bond acceptors (Lipinski definition) is 6. The summed E-state index contributed by atoms with van der Waals surface area (Å²) in [6.45, 7) is 10.8. The summed E-state index contributed by atoms with van der Waals surface area (Å²) in [6.07, 6.45) is 2.95. The highest BCUT2D eigenvalue weighted by Crippen LogP contribution is 2.32.